The number of rotatable bonds is 0. The summed E-state index contributed by atoms with van der Waals surface area (Å²) in [6.45, 7) is 0.525. The molecule has 1 heterocycles. The van der Waals surface area contributed by atoms with Crippen LogP contribution in [0.15, 0.2) is 0 Å². The molecule has 1 spiro atoms. The number of hydrogen-bond donors (Lipinski definition) is 2. The third-order valence-electron chi connectivity index (χ3n) is 2.61. The molecule has 4 nitrogen and oxygen atoms in total. The Morgan fingerprint density at radius 2 is 2.00 bits per heavy atom. The molecule has 4 heteroatoms. The van der Waals surface area contributed by atoms with Crippen LogP contribution in [0, 0.1) is 5.41 Å². The molecular formula is C7H10N2O2. The van der Waals surface area contributed by atoms with Gasteiger partial charge >= 0.3 is 6.03 Å². The van der Waals surface area contributed by atoms with E-state index < -0.39 is 0 Å². The Labute approximate surface area is 64.3 Å². The molecule has 0 atom stereocenters. The van der Waals surface area contributed by atoms with Crippen LogP contribution in [0.4, 0.5) is 4.79 Å². The lowest BCUT2D eigenvalue weighted by atomic mass is 9.67. The maximum absolute atomic E-state index is 11.2. The minimum atomic E-state index is -0.354. The highest BCUT2D eigenvalue weighted by atomic mass is 16.2. The monoisotopic (exact) mass is 154 g/mol. The first-order valence-corrected chi connectivity index (χ1v) is 3.82. The van der Waals surface area contributed by atoms with Crippen LogP contribution in [0.25, 0.3) is 0 Å². The molecule has 2 fully saturated rings. The van der Waals surface area contributed by atoms with Crippen molar-refractivity contribution in [2.75, 3.05) is 6.54 Å². The molecular weight excluding hydrogens is 144 g/mol. The van der Waals surface area contributed by atoms with Gasteiger partial charge in [0.25, 0.3) is 0 Å². The first kappa shape index (κ1) is 6.64. The van der Waals surface area contributed by atoms with E-state index in [0.29, 0.717) is 6.54 Å². The van der Waals surface area contributed by atoms with Crippen molar-refractivity contribution in [3.63, 3.8) is 0 Å². The first-order valence-electron chi connectivity index (χ1n) is 3.82. The molecule has 0 unspecified atom stereocenters. The topological polar surface area (TPSA) is 58.2 Å². The van der Waals surface area contributed by atoms with Crippen molar-refractivity contribution in [2.45, 2.75) is 19.3 Å². The summed E-state index contributed by atoms with van der Waals surface area (Å²) >= 11 is 0. The SMILES string of the molecule is O=C1NCC2(CCC2)C(=O)N1. The second kappa shape index (κ2) is 1.96. The van der Waals surface area contributed by atoms with Crippen LogP contribution >= 0.6 is 0 Å². The van der Waals surface area contributed by atoms with Gasteiger partial charge in [-0.1, -0.05) is 6.42 Å². The molecule has 2 aliphatic rings. The van der Waals surface area contributed by atoms with Crippen molar-refractivity contribution in [1.82, 2.24) is 10.6 Å². The van der Waals surface area contributed by atoms with E-state index in [1.807, 2.05) is 0 Å². The Morgan fingerprint density at radius 1 is 1.27 bits per heavy atom. The smallest absolute Gasteiger partial charge is 0.321 e. The van der Waals surface area contributed by atoms with Gasteiger partial charge in [0.05, 0.1) is 5.41 Å². The van der Waals surface area contributed by atoms with E-state index in [9.17, 15) is 9.59 Å². The summed E-state index contributed by atoms with van der Waals surface area (Å²) < 4.78 is 0. The van der Waals surface area contributed by atoms with Gasteiger partial charge < -0.3 is 5.32 Å². The van der Waals surface area contributed by atoms with E-state index in [1.54, 1.807) is 0 Å². The van der Waals surface area contributed by atoms with Gasteiger partial charge in [-0.3, -0.25) is 10.1 Å². The van der Waals surface area contributed by atoms with E-state index in [4.69, 9.17) is 0 Å². The number of imide groups is 1. The van der Waals surface area contributed by atoms with E-state index >= 15 is 0 Å². The largest absolute Gasteiger partial charge is 0.337 e. The highest BCUT2D eigenvalue weighted by Gasteiger charge is 2.47. The predicted octanol–water partition coefficient (Wildman–Crippen LogP) is -0.00390. The number of urea groups is 1. The molecule has 0 aromatic heterocycles. The van der Waals surface area contributed by atoms with Crippen LogP contribution in [-0.2, 0) is 4.79 Å². The van der Waals surface area contributed by atoms with Gasteiger partial charge in [-0.2, -0.15) is 0 Å². The third-order valence-corrected chi connectivity index (χ3v) is 2.61. The summed E-state index contributed by atoms with van der Waals surface area (Å²) in [6.07, 6.45) is 2.93. The van der Waals surface area contributed by atoms with Gasteiger partial charge in [-0.05, 0) is 12.8 Å². The summed E-state index contributed by atoms with van der Waals surface area (Å²) in [6, 6.07) is -0.354. The van der Waals surface area contributed by atoms with Crippen molar-refractivity contribution in [3.8, 4) is 0 Å². The van der Waals surface area contributed by atoms with Crippen molar-refractivity contribution in [3.05, 3.63) is 0 Å². The minimum absolute atomic E-state index is 0.0903. The number of hydrogen-bond acceptors (Lipinski definition) is 2. The van der Waals surface area contributed by atoms with Crippen LogP contribution in [0.5, 0.6) is 0 Å². The molecule has 0 aromatic rings. The fourth-order valence-corrected chi connectivity index (χ4v) is 1.62. The normalized spacial score (nSPS) is 27.3. The summed E-state index contributed by atoms with van der Waals surface area (Å²) in [4.78, 5) is 21.9. The lowest BCUT2D eigenvalue weighted by Gasteiger charge is -2.42. The molecule has 1 saturated heterocycles. The van der Waals surface area contributed by atoms with Crippen LogP contribution in [0.1, 0.15) is 19.3 Å². The zero-order valence-corrected chi connectivity index (χ0v) is 6.14. The van der Waals surface area contributed by atoms with Gasteiger partial charge in [0.2, 0.25) is 5.91 Å². The zero-order chi connectivity index (χ0) is 7.90. The second-order valence-electron chi connectivity index (χ2n) is 3.27. The van der Waals surface area contributed by atoms with Gasteiger partial charge in [0.1, 0.15) is 0 Å². The minimum Gasteiger partial charge on any atom is -0.337 e. The maximum Gasteiger partial charge on any atom is 0.321 e. The van der Waals surface area contributed by atoms with Crippen molar-refractivity contribution in [1.29, 1.82) is 0 Å². The second-order valence-corrected chi connectivity index (χ2v) is 3.27. The van der Waals surface area contributed by atoms with Crippen molar-refractivity contribution >= 4 is 11.9 Å². The fraction of sp³-hybridized carbons (Fsp3) is 0.714. The molecule has 2 rings (SSSR count). The zero-order valence-electron chi connectivity index (χ0n) is 6.14. The fourth-order valence-electron chi connectivity index (χ4n) is 1.62. The van der Waals surface area contributed by atoms with Gasteiger partial charge in [-0.25, -0.2) is 4.79 Å². The van der Waals surface area contributed by atoms with E-state index in [1.165, 1.54) is 0 Å². The summed E-state index contributed by atoms with van der Waals surface area (Å²) in [5, 5.41) is 4.92. The molecule has 0 aromatic carbocycles. The summed E-state index contributed by atoms with van der Waals surface area (Å²) in [5.41, 5.74) is -0.242. The Bertz CT molecular complexity index is 220. The molecule has 60 valence electrons. The lowest BCUT2D eigenvalue weighted by Crippen LogP contribution is -2.61. The Morgan fingerprint density at radius 3 is 2.45 bits per heavy atom. The summed E-state index contributed by atoms with van der Waals surface area (Å²) in [5.74, 6) is -0.0903. The number of amides is 3. The van der Waals surface area contributed by atoms with Gasteiger partial charge in [-0.15, -0.1) is 0 Å². The maximum atomic E-state index is 11.2. The van der Waals surface area contributed by atoms with Crippen molar-refractivity contribution in [2.24, 2.45) is 5.41 Å². The van der Waals surface area contributed by atoms with Crippen LogP contribution < -0.4 is 10.6 Å². The van der Waals surface area contributed by atoms with Crippen LogP contribution in [-0.4, -0.2) is 18.5 Å². The molecule has 11 heavy (non-hydrogen) atoms. The molecule has 2 N–H and O–H groups in total. The predicted molar refractivity (Wildman–Crippen MR) is 37.8 cm³/mol. The highest BCUT2D eigenvalue weighted by molar-refractivity contribution is 6.00. The van der Waals surface area contributed by atoms with Crippen molar-refractivity contribution < 1.29 is 9.59 Å². The van der Waals surface area contributed by atoms with E-state index in [0.717, 1.165) is 19.3 Å². The lowest BCUT2D eigenvalue weighted by molar-refractivity contribution is -0.135. The highest BCUT2D eigenvalue weighted by Crippen LogP contribution is 2.41. The average Bonchev–Trinajstić information content (AvgIpc) is 1.84. The first-order chi connectivity index (χ1) is 5.23. The summed E-state index contributed by atoms with van der Waals surface area (Å²) in [7, 11) is 0. The van der Waals surface area contributed by atoms with E-state index in [-0.39, 0.29) is 17.4 Å². The van der Waals surface area contributed by atoms with Crippen LogP contribution in [0.3, 0.4) is 0 Å². The van der Waals surface area contributed by atoms with E-state index in [2.05, 4.69) is 10.6 Å². The molecule has 0 radical (unpaired) electrons. The molecule has 1 aliphatic carbocycles. The van der Waals surface area contributed by atoms with Crippen LogP contribution in [0.2, 0.25) is 0 Å². The quantitative estimate of drug-likeness (QED) is 0.515. The molecule has 1 saturated carbocycles. The Kier molecular flexibility index (Phi) is 1.19. The standard InChI is InChI=1S/C7H10N2O2/c10-5-7(2-1-3-7)4-8-6(11)9-5/h1-4H2,(H2,8,9,10,11). The number of nitrogens with one attached hydrogen (secondary N) is 2. The average molecular weight is 154 g/mol. The Balaban J connectivity index is 2.13. The molecule has 0 bridgehead atoms. The molecule has 3 amide bonds. The Hall–Kier alpha value is -1.06. The molecule has 1 aliphatic heterocycles. The number of carbonyl (C=O) groups is 2. The van der Waals surface area contributed by atoms with Gasteiger partial charge in [0, 0.05) is 6.54 Å². The number of carbonyl (C=O) groups excluding carboxylic acids is 2. The van der Waals surface area contributed by atoms with Gasteiger partial charge in [0.15, 0.2) is 0 Å². The third kappa shape index (κ3) is 0.818.